The lowest BCUT2D eigenvalue weighted by molar-refractivity contribution is -0.000279. The van der Waals surface area contributed by atoms with E-state index < -0.39 is 0 Å². The van der Waals surface area contributed by atoms with E-state index in [-0.39, 0.29) is 12.1 Å². The molecule has 0 aliphatic carbocycles. The Labute approximate surface area is 123 Å². The van der Waals surface area contributed by atoms with E-state index in [1.165, 1.54) is 12.8 Å². The fourth-order valence-electron chi connectivity index (χ4n) is 3.80. The number of fused-ring (bicyclic) bond motifs is 3. The number of imidazole rings is 1. The second-order valence-electron chi connectivity index (χ2n) is 6.15. The zero-order valence-electron chi connectivity index (χ0n) is 12.1. The minimum Gasteiger partial charge on any atom is -0.459 e. The van der Waals surface area contributed by atoms with Gasteiger partial charge in [-0.15, -0.1) is 0 Å². The summed E-state index contributed by atoms with van der Waals surface area (Å²) in [7, 11) is 2.19. The van der Waals surface area contributed by atoms with Crippen LogP contribution in [0.1, 0.15) is 36.0 Å². The lowest BCUT2D eigenvalue weighted by Crippen LogP contribution is -2.43. The summed E-state index contributed by atoms with van der Waals surface area (Å²) >= 11 is 0. The van der Waals surface area contributed by atoms with Gasteiger partial charge in [0.05, 0.1) is 17.4 Å². The van der Waals surface area contributed by atoms with E-state index >= 15 is 0 Å². The van der Waals surface area contributed by atoms with Crippen molar-refractivity contribution in [2.75, 3.05) is 7.05 Å². The normalized spacial score (nSPS) is 28.9. The van der Waals surface area contributed by atoms with E-state index in [0.717, 1.165) is 18.4 Å². The average molecular weight is 285 g/mol. The molecule has 2 aromatic rings. The molecule has 3 heterocycles. The molecule has 0 spiro atoms. The number of carbonyl (C=O) groups is 1. The smallest absolute Gasteiger partial charge is 0.340 e. The summed E-state index contributed by atoms with van der Waals surface area (Å²) in [5.41, 5.74) is 2.12. The van der Waals surface area contributed by atoms with Gasteiger partial charge >= 0.3 is 5.97 Å². The molecule has 5 nitrogen and oxygen atoms in total. The molecule has 2 fully saturated rings. The second kappa shape index (κ2) is 4.84. The SMILES string of the molecule is CN1[C@H]2CC[C@H]1CC(OC(=O)c1cccc3[nH]cnc13)C2. The van der Waals surface area contributed by atoms with Crippen LogP contribution in [-0.4, -0.2) is 46.1 Å². The van der Waals surface area contributed by atoms with Crippen molar-refractivity contribution in [3.05, 3.63) is 30.1 Å². The van der Waals surface area contributed by atoms with E-state index in [0.29, 0.717) is 23.2 Å². The van der Waals surface area contributed by atoms with Crippen LogP contribution in [0, 0.1) is 0 Å². The Kier molecular flexibility index (Phi) is 2.96. The first-order chi connectivity index (χ1) is 10.2. The maximum absolute atomic E-state index is 12.5. The summed E-state index contributed by atoms with van der Waals surface area (Å²) in [6, 6.07) is 6.70. The summed E-state index contributed by atoms with van der Waals surface area (Å²) in [6.45, 7) is 0. The first-order valence-electron chi connectivity index (χ1n) is 7.57. The molecular weight excluding hydrogens is 266 g/mol. The summed E-state index contributed by atoms with van der Waals surface area (Å²) in [6.07, 6.45) is 6.01. The molecule has 2 saturated heterocycles. The predicted molar refractivity (Wildman–Crippen MR) is 79.1 cm³/mol. The van der Waals surface area contributed by atoms with Gasteiger partial charge in [-0.1, -0.05) is 6.07 Å². The fraction of sp³-hybridized carbons (Fsp3) is 0.500. The summed E-state index contributed by atoms with van der Waals surface area (Å²) in [4.78, 5) is 22.1. The average Bonchev–Trinajstić information content (AvgIpc) is 3.01. The first kappa shape index (κ1) is 12.8. The minimum absolute atomic E-state index is 0.0420. The van der Waals surface area contributed by atoms with Gasteiger partial charge in [0.2, 0.25) is 0 Å². The van der Waals surface area contributed by atoms with E-state index in [1.807, 2.05) is 12.1 Å². The summed E-state index contributed by atoms with van der Waals surface area (Å²) in [5.74, 6) is -0.248. The number of esters is 1. The Morgan fingerprint density at radius 3 is 2.86 bits per heavy atom. The summed E-state index contributed by atoms with van der Waals surface area (Å²) < 4.78 is 5.76. The van der Waals surface area contributed by atoms with Gasteiger partial charge in [0.15, 0.2) is 0 Å². The molecule has 1 aromatic carbocycles. The van der Waals surface area contributed by atoms with Gasteiger partial charge in [-0.2, -0.15) is 0 Å². The maximum atomic E-state index is 12.5. The Morgan fingerprint density at radius 1 is 1.33 bits per heavy atom. The molecule has 4 rings (SSSR count). The third kappa shape index (κ3) is 2.12. The molecule has 1 aromatic heterocycles. The standard InChI is InChI=1S/C16H19N3O2/c1-19-10-5-6-11(19)8-12(7-10)21-16(20)13-3-2-4-14-15(13)18-9-17-14/h2-4,9-12H,5-8H2,1H3,(H,17,18)/t10-,11-/m0/s1. The van der Waals surface area contributed by atoms with Crippen LogP contribution >= 0.6 is 0 Å². The zero-order chi connectivity index (χ0) is 14.4. The van der Waals surface area contributed by atoms with Crippen molar-refractivity contribution >= 4 is 17.0 Å². The number of aromatic nitrogens is 2. The molecule has 110 valence electrons. The third-order valence-corrected chi connectivity index (χ3v) is 5.00. The van der Waals surface area contributed by atoms with Crippen molar-refractivity contribution < 1.29 is 9.53 Å². The quantitative estimate of drug-likeness (QED) is 0.860. The van der Waals surface area contributed by atoms with Gasteiger partial charge in [-0.3, -0.25) is 0 Å². The molecule has 1 N–H and O–H groups in total. The van der Waals surface area contributed by atoms with E-state index in [2.05, 4.69) is 21.9 Å². The van der Waals surface area contributed by atoms with Crippen LogP contribution in [0.3, 0.4) is 0 Å². The van der Waals surface area contributed by atoms with E-state index in [4.69, 9.17) is 4.74 Å². The molecule has 21 heavy (non-hydrogen) atoms. The lowest BCUT2D eigenvalue weighted by Gasteiger charge is -2.35. The number of nitrogens with zero attached hydrogens (tertiary/aromatic N) is 2. The minimum atomic E-state index is -0.248. The van der Waals surface area contributed by atoms with Gasteiger partial charge in [0, 0.05) is 24.9 Å². The highest BCUT2D eigenvalue weighted by Crippen LogP contribution is 2.35. The molecule has 0 saturated carbocycles. The number of aromatic amines is 1. The van der Waals surface area contributed by atoms with Crippen LogP contribution in [0.2, 0.25) is 0 Å². The highest BCUT2D eigenvalue weighted by atomic mass is 16.5. The largest absolute Gasteiger partial charge is 0.459 e. The molecule has 0 amide bonds. The molecule has 0 unspecified atom stereocenters. The molecule has 2 atom stereocenters. The van der Waals surface area contributed by atoms with Crippen molar-refractivity contribution in [2.45, 2.75) is 43.9 Å². The Bertz CT molecular complexity index is 667. The lowest BCUT2D eigenvalue weighted by atomic mass is 10.0. The number of carbonyl (C=O) groups excluding carboxylic acids is 1. The van der Waals surface area contributed by atoms with Crippen molar-refractivity contribution in [1.82, 2.24) is 14.9 Å². The van der Waals surface area contributed by atoms with Gasteiger partial charge in [0.1, 0.15) is 11.6 Å². The number of rotatable bonds is 2. The number of nitrogens with one attached hydrogen (secondary N) is 1. The number of para-hydroxylation sites is 1. The number of hydrogen-bond donors (Lipinski definition) is 1. The topological polar surface area (TPSA) is 58.2 Å². The first-order valence-corrected chi connectivity index (χ1v) is 7.57. The Balaban J connectivity index is 1.53. The van der Waals surface area contributed by atoms with Crippen LogP contribution in [0.4, 0.5) is 0 Å². The predicted octanol–water partition coefficient (Wildman–Crippen LogP) is 2.34. The molecular formula is C16H19N3O2. The number of hydrogen-bond acceptors (Lipinski definition) is 4. The van der Waals surface area contributed by atoms with Crippen molar-refractivity contribution in [3.8, 4) is 0 Å². The van der Waals surface area contributed by atoms with Crippen molar-refractivity contribution in [1.29, 1.82) is 0 Å². The van der Waals surface area contributed by atoms with E-state index in [9.17, 15) is 4.79 Å². The molecule has 0 radical (unpaired) electrons. The Morgan fingerprint density at radius 2 is 2.10 bits per heavy atom. The van der Waals surface area contributed by atoms with Gasteiger partial charge < -0.3 is 14.6 Å². The molecule has 2 aliphatic heterocycles. The third-order valence-electron chi connectivity index (χ3n) is 5.00. The Hall–Kier alpha value is -1.88. The highest BCUT2D eigenvalue weighted by molar-refractivity contribution is 6.01. The van der Waals surface area contributed by atoms with Crippen LogP contribution in [-0.2, 0) is 4.74 Å². The van der Waals surface area contributed by atoms with Crippen LogP contribution in [0.15, 0.2) is 24.5 Å². The van der Waals surface area contributed by atoms with Gasteiger partial charge in [-0.25, -0.2) is 9.78 Å². The van der Waals surface area contributed by atoms with E-state index in [1.54, 1.807) is 12.4 Å². The second-order valence-corrected chi connectivity index (χ2v) is 6.15. The van der Waals surface area contributed by atoms with Crippen LogP contribution in [0.5, 0.6) is 0 Å². The fourth-order valence-corrected chi connectivity index (χ4v) is 3.80. The van der Waals surface area contributed by atoms with Crippen molar-refractivity contribution in [3.63, 3.8) is 0 Å². The molecule has 5 heteroatoms. The van der Waals surface area contributed by atoms with Crippen LogP contribution < -0.4 is 0 Å². The van der Waals surface area contributed by atoms with Crippen LogP contribution in [0.25, 0.3) is 11.0 Å². The monoisotopic (exact) mass is 285 g/mol. The highest BCUT2D eigenvalue weighted by Gasteiger charge is 2.40. The number of H-pyrrole nitrogens is 1. The van der Waals surface area contributed by atoms with Gasteiger partial charge in [0.25, 0.3) is 0 Å². The van der Waals surface area contributed by atoms with Crippen molar-refractivity contribution in [2.24, 2.45) is 0 Å². The van der Waals surface area contributed by atoms with Gasteiger partial charge in [-0.05, 0) is 32.0 Å². The number of benzene rings is 1. The molecule has 2 aliphatic rings. The number of ether oxygens (including phenoxy) is 1. The maximum Gasteiger partial charge on any atom is 0.340 e. The summed E-state index contributed by atoms with van der Waals surface area (Å²) in [5, 5.41) is 0. The number of piperidine rings is 1. The zero-order valence-corrected chi connectivity index (χ0v) is 12.1. The molecule has 2 bridgehead atoms.